The first kappa shape index (κ1) is 16.8. The van der Waals surface area contributed by atoms with Gasteiger partial charge in [-0.1, -0.05) is 13.0 Å². The zero-order valence-electron chi connectivity index (χ0n) is 14.3. The first-order chi connectivity index (χ1) is 11.2. The topological polar surface area (TPSA) is 32.3 Å². The van der Waals surface area contributed by atoms with E-state index >= 15 is 0 Å². The van der Waals surface area contributed by atoms with Gasteiger partial charge in [0.25, 0.3) is 5.91 Å². The number of carbonyl (C=O) groups excluding carboxylic acids is 1. The van der Waals surface area contributed by atoms with E-state index in [1.54, 1.807) is 0 Å². The third kappa shape index (κ3) is 3.92. The predicted octanol–water partition coefficient (Wildman–Crippen LogP) is 3.12. The average molecular weight is 333 g/mol. The van der Waals surface area contributed by atoms with Crippen molar-refractivity contribution in [2.75, 3.05) is 25.9 Å². The van der Waals surface area contributed by atoms with Gasteiger partial charge in [-0.25, -0.2) is 0 Å². The van der Waals surface area contributed by atoms with Gasteiger partial charge in [-0.15, -0.1) is 0 Å². The Morgan fingerprint density at radius 2 is 2.04 bits per heavy atom. The zero-order valence-corrected chi connectivity index (χ0v) is 15.1. The molecular weight excluding hydrogens is 304 g/mol. The van der Waals surface area contributed by atoms with Crippen LogP contribution in [-0.2, 0) is 12.8 Å². The Labute approximate surface area is 144 Å². The number of fused-ring (bicyclic) bond motifs is 1. The summed E-state index contributed by atoms with van der Waals surface area (Å²) in [5, 5.41) is 4.16. The third-order valence-electron chi connectivity index (χ3n) is 5.22. The number of hydrogen-bond donors (Lipinski definition) is 1. The highest BCUT2D eigenvalue weighted by molar-refractivity contribution is 7.99. The maximum absolute atomic E-state index is 12.9. The van der Waals surface area contributed by atoms with E-state index in [1.165, 1.54) is 23.3 Å². The summed E-state index contributed by atoms with van der Waals surface area (Å²) >= 11 is 2.04. The van der Waals surface area contributed by atoms with Crippen molar-refractivity contribution >= 4 is 17.7 Å². The highest BCUT2D eigenvalue weighted by Crippen LogP contribution is 2.32. The number of hydrogen-bond acceptors (Lipinski definition) is 3. The minimum absolute atomic E-state index is 0.192. The quantitative estimate of drug-likeness (QED) is 0.919. The van der Waals surface area contributed by atoms with E-state index in [0.29, 0.717) is 6.04 Å². The molecule has 1 aromatic rings. The summed E-state index contributed by atoms with van der Waals surface area (Å²) in [6, 6.07) is 6.73. The van der Waals surface area contributed by atoms with Crippen LogP contribution in [0.3, 0.4) is 0 Å². The monoisotopic (exact) mass is 332 g/mol. The van der Waals surface area contributed by atoms with Gasteiger partial charge >= 0.3 is 0 Å². The molecule has 1 aliphatic heterocycles. The van der Waals surface area contributed by atoms with Gasteiger partial charge in [-0.2, -0.15) is 11.8 Å². The molecule has 3 rings (SSSR count). The fourth-order valence-electron chi connectivity index (χ4n) is 3.83. The zero-order chi connectivity index (χ0) is 16.2. The van der Waals surface area contributed by atoms with Gasteiger partial charge in [-0.3, -0.25) is 4.79 Å². The Morgan fingerprint density at radius 1 is 1.26 bits per heavy atom. The standard InChI is InChI=1S/C19H28N2OS/c1-3-23-18-7-6-17(13-18)21(2)19(22)16-5-4-14-8-10-20-11-9-15(14)12-16/h4-5,12,17-18,20H,3,6-11,13H2,1-2H3/t17-,18+/m0/s1. The van der Waals surface area contributed by atoms with Gasteiger partial charge in [0.1, 0.15) is 0 Å². The maximum Gasteiger partial charge on any atom is 0.253 e. The second kappa shape index (κ2) is 7.71. The van der Waals surface area contributed by atoms with E-state index in [2.05, 4.69) is 24.4 Å². The molecule has 1 amide bonds. The molecule has 1 aliphatic carbocycles. The van der Waals surface area contributed by atoms with E-state index < -0.39 is 0 Å². The van der Waals surface area contributed by atoms with E-state index in [9.17, 15) is 4.79 Å². The van der Waals surface area contributed by atoms with E-state index in [1.807, 2.05) is 29.8 Å². The lowest BCUT2D eigenvalue weighted by Crippen LogP contribution is -2.35. The number of benzene rings is 1. The second-order valence-corrected chi connectivity index (χ2v) is 8.27. The van der Waals surface area contributed by atoms with Crippen LogP contribution in [0, 0.1) is 0 Å². The van der Waals surface area contributed by atoms with Gasteiger partial charge in [0, 0.05) is 23.9 Å². The smallest absolute Gasteiger partial charge is 0.253 e. The molecule has 0 saturated heterocycles. The fourth-order valence-corrected chi connectivity index (χ4v) is 4.96. The minimum atomic E-state index is 0.192. The second-order valence-electron chi connectivity index (χ2n) is 6.69. The van der Waals surface area contributed by atoms with Crippen molar-refractivity contribution in [1.29, 1.82) is 0 Å². The summed E-state index contributed by atoms with van der Waals surface area (Å²) in [5.74, 6) is 1.37. The molecule has 1 N–H and O–H groups in total. The van der Waals surface area contributed by atoms with Crippen LogP contribution in [-0.4, -0.2) is 48.0 Å². The minimum Gasteiger partial charge on any atom is -0.339 e. The Hall–Kier alpha value is -1.00. The summed E-state index contributed by atoms with van der Waals surface area (Å²) < 4.78 is 0. The molecular formula is C19H28N2OS. The van der Waals surface area contributed by atoms with Crippen LogP contribution in [0.15, 0.2) is 18.2 Å². The van der Waals surface area contributed by atoms with Crippen molar-refractivity contribution in [2.24, 2.45) is 0 Å². The van der Waals surface area contributed by atoms with Gasteiger partial charge in [0.2, 0.25) is 0 Å². The van der Waals surface area contributed by atoms with Crippen molar-refractivity contribution in [1.82, 2.24) is 10.2 Å². The van der Waals surface area contributed by atoms with E-state index in [0.717, 1.165) is 49.6 Å². The van der Waals surface area contributed by atoms with E-state index in [4.69, 9.17) is 0 Å². The number of thioether (sulfide) groups is 1. The molecule has 1 fully saturated rings. The Bertz CT molecular complexity index is 560. The normalized spacial score (nSPS) is 24.1. The van der Waals surface area contributed by atoms with Crippen molar-refractivity contribution in [3.05, 3.63) is 34.9 Å². The summed E-state index contributed by atoms with van der Waals surface area (Å²) in [5.41, 5.74) is 3.61. The molecule has 3 nitrogen and oxygen atoms in total. The van der Waals surface area contributed by atoms with Crippen molar-refractivity contribution in [3.8, 4) is 0 Å². The summed E-state index contributed by atoms with van der Waals surface area (Å²) in [4.78, 5) is 14.9. The summed E-state index contributed by atoms with van der Waals surface area (Å²) in [6.45, 7) is 4.27. The van der Waals surface area contributed by atoms with Crippen LogP contribution >= 0.6 is 11.8 Å². The molecule has 0 spiro atoms. The lowest BCUT2D eigenvalue weighted by Gasteiger charge is -2.25. The van der Waals surface area contributed by atoms with Crippen LogP contribution < -0.4 is 5.32 Å². The first-order valence-corrected chi connectivity index (χ1v) is 9.95. The lowest BCUT2D eigenvalue weighted by molar-refractivity contribution is 0.0735. The maximum atomic E-state index is 12.9. The molecule has 2 aliphatic rings. The number of rotatable bonds is 4. The molecule has 23 heavy (non-hydrogen) atoms. The molecule has 2 atom stereocenters. The fraction of sp³-hybridized carbons (Fsp3) is 0.632. The molecule has 0 bridgehead atoms. The van der Waals surface area contributed by atoms with Gasteiger partial charge in [-0.05, 0) is 74.2 Å². The Morgan fingerprint density at radius 3 is 2.83 bits per heavy atom. The Kier molecular flexibility index (Phi) is 5.65. The van der Waals surface area contributed by atoms with Crippen LogP contribution in [0.2, 0.25) is 0 Å². The molecule has 1 saturated carbocycles. The van der Waals surface area contributed by atoms with Crippen LogP contribution in [0.4, 0.5) is 0 Å². The molecule has 1 aromatic carbocycles. The molecule has 126 valence electrons. The van der Waals surface area contributed by atoms with E-state index in [-0.39, 0.29) is 5.91 Å². The highest BCUT2D eigenvalue weighted by atomic mass is 32.2. The van der Waals surface area contributed by atoms with Crippen LogP contribution in [0.1, 0.15) is 47.7 Å². The molecule has 4 heteroatoms. The largest absolute Gasteiger partial charge is 0.339 e. The molecule has 0 unspecified atom stereocenters. The summed E-state index contributed by atoms with van der Waals surface area (Å²) in [7, 11) is 1.99. The summed E-state index contributed by atoms with van der Waals surface area (Å²) in [6.07, 6.45) is 5.64. The van der Waals surface area contributed by atoms with Gasteiger partial charge < -0.3 is 10.2 Å². The predicted molar refractivity (Wildman–Crippen MR) is 98.4 cm³/mol. The number of amides is 1. The SMILES string of the molecule is CCS[C@@H]1CC[C@H](N(C)C(=O)c2ccc3c(c2)CCNCC3)C1. The van der Waals surface area contributed by atoms with Crippen molar-refractivity contribution in [3.63, 3.8) is 0 Å². The first-order valence-electron chi connectivity index (χ1n) is 8.90. The molecule has 0 aromatic heterocycles. The Balaban J connectivity index is 1.69. The third-order valence-corrected chi connectivity index (χ3v) is 6.46. The van der Waals surface area contributed by atoms with Crippen LogP contribution in [0.25, 0.3) is 0 Å². The average Bonchev–Trinajstić information content (AvgIpc) is 2.90. The van der Waals surface area contributed by atoms with Crippen molar-refractivity contribution < 1.29 is 4.79 Å². The molecule has 1 heterocycles. The number of carbonyl (C=O) groups is 1. The van der Waals surface area contributed by atoms with Gasteiger partial charge in [0.05, 0.1) is 0 Å². The molecule has 0 radical (unpaired) electrons. The van der Waals surface area contributed by atoms with Crippen LogP contribution in [0.5, 0.6) is 0 Å². The van der Waals surface area contributed by atoms with Crippen molar-refractivity contribution in [2.45, 2.75) is 50.3 Å². The highest BCUT2D eigenvalue weighted by Gasteiger charge is 2.30. The lowest BCUT2D eigenvalue weighted by atomic mass is 9.99. The number of nitrogens with zero attached hydrogens (tertiary/aromatic N) is 1. The number of nitrogens with one attached hydrogen (secondary N) is 1. The van der Waals surface area contributed by atoms with Gasteiger partial charge in [0.15, 0.2) is 0 Å².